The predicted molar refractivity (Wildman–Crippen MR) is 78.5 cm³/mol. The molecule has 1 aliphatic rings. The van der Waals surface area contributed by atoms with Gasteiger partial charge in [-0.2, -0.15) is 13.2 Å². The number of rotatable bonds is 5. The molecule has 0 saturated carbocycles. The van der Waals surface area contributed by atoms with Gasteiger partial charge >= 0.3 is 6.18 Å². The topological polar surface area (TPSA) is 40.6 Å². The van der Waals surface area contributed by atoms with E-state index in [1.165, 1.54) is 24.1 Å². The number of nitrogens with zero attached hydrogens (tertiary/aromatic N) is 2. The van der Waals surface area contributed by atoms with Gasteiger partial charge in [-0.25, -0.2) is 4.39 Å². The molecule has 1 aromatic carbocycles. The van der Waals surface area contributed by atoms with Gasteiger partial charge in [0, 0.05) is 20.0 Å². The summed E-state index contributed by atoms with van der Waals surface area (Å²) in [4.78, 5) is 26.1. The molecule has 2 amide bonds. The van der Waals surface area contributed by atoms with Gasteiger partial charge in [-0.1, -0.05) is 12.1 Å². The molecule has 0 radical (unpaired) electrons. The van der Waals surface area contributed by atoms with Gasteiger partial charge in [0.2, 0.25) is 11.8 Å². The lowest BCUT2D eigenvalue weighted by Crippen LogP contribution is -2.44. The van der Waals surface area contributed by atoms with Crippen LogP contribution in [0.5, 0.6) is 0 Å². The van der Waals surface area contributed by atoms with Crippen LogP contribution in [-0.2, 0) is 16.0 Å². The molecular weight excluding hydrogens is 328 g/mol. The Balaban J connectivity index is 1.89. The van der Waals surface area contributed by atoms with Crippen molar-refractivity contribution in [3.05, 3.63) is 35.6 Å². The molecule has 1 unspecified atom stereocenters. The number of benzene rings is 1. The number of carbonyl (C=O) groups is 2. The molecule has 4 nitrogen and oxygen atoms in total. The normalized spacial score (nSPS) is 18.1. The average molecular weight is 346 g/mol. The van der Waals surface area contributed by atoms with Crippen molar-refractivity contribution in [1.29, 1.82) is 0 Å². The Morgan fingerprint density at radius 1 is 1.29 bits per heavy atom. The van der Waals surface area contributed by atoms with Crippen molar-refractivity contribution in [1.82, 2.24) is 9.80 Å². The van der Waals surface area contributed by atoms with Crippen LogP contribution in [0.3, 0.4) is 0 Å². The fourth-order valence-electron chi connectivity index (χ4n) is 2.71. The molecule has 1 saturated heterocycles. The van der Waals surface area contributed by atoms with E-state index in [4.69, 9.17) is 0 Å². The molecule has 0 bridgehead atoms. The van der Waals surface area contributed by atoms with Gasteiger partial charge in [0.15, 0.2) is 0 Å². The largest absolute Gasteiger partial charge is 0.406 e. The summed E-state index contributed by atoms with van der Waals surface area (Å²) < 4.78 is 50.0. The molecule has 0 N–H and O–H groups in total. The lowest BCUT2D eigenvalue weighted by molar-refractivity contribution is -0.159. The van der Waals surface area contributed by atoms with Gasteiger partial charge in [0.05, 0.1) is 0 Å². The zero-order valence-corrected chi connectivity index (χ0v) is 13.1. The Hall–Kier alpha value is -2.12. The van der Waals surface area contributed by atoms with Crippen molar-refractivity contribution in [3.8, 4) is 0 Å². The van der Waals surface area contributed by atoms with Gasteiger partial charge < -0.3 is 9.80 Å². The highest BCUT2D eigenvalue weighted by Crippen LogP contribution is 2.23. The van der Waals surface area contributed by atoms with E-state index in [-0.39, 0.29) is 31.1 Å². The number of likely N-dealkylation sites (tertiary alicyclic amines) is 1. The highest BCUT2D eigenvalue weighted by Gasteiger charge is 2.41. The first-order valence-corrected chi connectivity index (χ1v) is 7.53. The van der Waals surface area contributed by atoms with Gasteiger partial charge in [0.1, 0.15) is 18.4 Å². The van der Waals surface area contributed by atoms with Gasteiger partial charge in [0.25, 0.3) is 0 Å². The monoisotopic (exact) mass is 346 g/mol. The summed E-state index contributed by atoms with van der Waals surface area (Å²) in [5.74, 6) is -1.38. The third kappa shape index (κ3) is 4.69. The summed E-state index contributed by atoms with van der Waals surface area (Å²) in [6.45, 7) is -1.31. The van der Waals surface area contributed by atoms with E-state index in [0.29, 0.717) is 6.42 Å². The van der Waals surface area contributed by atoms with E-state index in [9.17, 15) is 27.2 Å². The Labute approximate surface area is 137 Å². The number of hydrogen-bond donors (Lipinski definition) is 0. The number of hydrogen-bond acceptors (Lipinski definition) is 2. The second kappa shape index (κ2) is 7.19. The summed E-state index contributed by atoms with van der Waals surface area (Å²) in [6, 6.07) is 4.86. The molecule has 1 aromatic rings. The fraction of sp³-hybridized carbons (Fsp3) is 0.500. The Morgan fingerprint density at radius 2 is 1.92 bits per heavy atom. The summed E-state index contributed by atoms with van der Waals surface area (Å²) in [7, 11) is 1.42. The van der Waals surface area contributed by atoms with Crippen LogP contribution in [0.15, 0.2) is 24.3 Å². The molecule has 1 atom stereocenters. The van der Waals surface area contributed by atoms with Crippen molar-refractivity contribution in [2.24, 2.45) is 0 Å². The van der Waals surface area contributed by atoms with Crippen LogP contribution in [0.25, 0.3) is 0 Å². The number of aryl methyl sites for hydroxylation is 1. The van der Waals surface area contributed by atoms with Crippen LogP contribution in [-0.4, -0.2) is 54.0 Å². The first-order chi connectivity index (χ1) is 11.2. The van der Waals surface area contributed by atoms with Crippen molar-refractivity contribution in [2.75, 3.05) is 20.1 Å². The third-order valence-corrected chi connectivity index (χ3v) is 4.04. The average Bonchev–Trinajstić information content (AvgIpc) is 2.85. The molecule has 1 fully saturated rings. The molecule has 8 heteroatoms. The van der Waals surface area contributed by atoms with E-state index >= 15 is 0 Å². The first-order valence-electron chi connectivity index (χ1n) is 7.53. The highest BCUT2D eigenvalue weighted by atomic mass is 19.4. The van der Waals surface area contributed by atoms with Crippen molar-refractivity contribution < 1.29 is 27.2 Å². The second-order valence-electron chi connectivity index (χ2n) is 5.81. The summed E-state index contributed by atoms with van der Waals surface area (Å²) >= 11 is 0. The maximum Gasteiger partial charge on any atom is 0.406 e. The van der Waals surface area contributed by atoms with Crippen LogP contribution >= 0.6 is 0 Å². The minimum atomic E-state index is -4.45. The van der Waals surface area contributed by atoms with Gasteiger partial charge in [-0.05, 0) is 30.5 Å². The summed E-state index contributed by atoms with van der Waals surface area (Å²) in [5, 5.41) is 0. The molecular formula is C16H18F4N2O2. The standard InChI is InChI=1S/C16H18F4N2O2/c1-21(13-8-9-22(15(13)24)10-16(18,19)20)14(23)7-4-11-2-5-12(17)6-3-11/h2-3,5-6,13H,4,7-10H2,1H3. The fourth-order valence-corrected chi connectivity index (χ4v) is 2.71. The number of carbonyl (C=O) groups excluding carboxylic acids is 2. The van der Waals surface area contributed by atoms with Gasteiger partial charge in [-0.3, -0.25) is 9.59 Å². The lowest BCUT2D eigenvalue weighted by Gasteiger charge is -2.24. The molecule has 0 aliphatic carbocycles. The van der Waals surface area contributed by atoms with Crippen LogP contribution in [0.4, 0.5) is 17.6 Å². The molecule has 1 heterocycles. The smallest absolute Gasteiger partial charge is 0.334 e. The molecule has 0 spiro atoms. The number of likely N-dealkylation sites (N-methyl/N-ethyl adjacent to an activating group) is 1. The molecule has 132 valence electrons. The maximum atomic E-state index is 12.8. The third-order valence-electron chi connectivity index (χ3n) is 4.04. The molecule has 24 heavy (non-hydrogen) atoms. The Morgan fingerprint density at radius 3 is 2.50 bits per heavy atom. The summed E-state index contributed by atoms with van der Waals surface area (Å²) in [5.41, 5.74) is 0.773. The maximum absolute atomic E-state index is 12.8. The molecule has 2 rings (SSSR count). The van der Waals surface area contributed by atoms with Crippen LogP contribution < -0.4 is 0 Å². The number of halogens is 4. The van der Waals surface area contributed by atoms with E-state index in [0.717, 1.165) is 10.5 Å². The Bertz CT molecular complexity index is 601. The summed E-state index contributed by atoms with van der Waals surface area (Å²) in [6.07, 6.45) is -3.79. The van der Waals surface area contributed by atoms with E-state index in [2.05, 4.69) is 0 Å². The van der Waals surface area contributed by atoms with Crippen molar-refractivity contribution in [3.63, 3.8) is 0 Å². The van der Waals surface area contributed by atoms with E-state index < -0.39 is 24.7 Å². The van der Waals surface area contributed by atoms with Crippen LogP contribution in [0.1, 0.15) is 18.4 Å². The second-order valence-corrected chi connectivity index (χ2v) is 5.81. The number of amides is 2. The van der Waals surface area contributed by atoms with Crippen molar-refractivity contribution in [2.45, 2.75) is 31.5 Å². The van der Waals surface area contributed by atoms with Crippen LogP contribution in [0, 0.1) is 5.82 Å². The zero-order chi connectivity index (χ0) is 17.9. The molecule has 0 aromatic heterocycles. The SMILES string of the molecule is CN(C(=O)CCc1ccc(F)cc1)C1CCN(CC(F)(F)F)C1=O. The predicted octanol–water partition coefficient (Wildman–Crippen LogP) is 2.38. The zero-order valence-electron chi connectivity index (χ0n) is 13.1. The van der Waals surface area contributed by atoms with E-state index in [1.807, 2.05) is 0 Å². The van der Waals surface area contributed by atoms with Crippen molar-refractivity contribution >= 4 is 11.8 Å². The quantitative estimate of drug-likeness (QED) is 0.768. The highest BCUT2D eigenvalue weighted by molar-refractivity contribution is 5.89. The minimum Gasteiger partial charge on any atom is -0.334 e. The molecule has 1 aliphatic heterocycles. The number of alkyl halides is 3. The minimum absolute atomic E-state index is 0.0153. The van der Waals surface area contributed by atoms with E-state index in [1.54, 1.807) is 12.1 Å². The Kier molecular flexibility index (Phi) is 5.46. The lowest BCUT2D eigenvalue weighted by atomic mass is 10.1. The first kappa shape index (κ1) is 18.2. The van der Waals surface area contributed by atoms with Crippen LogP contribution in [0.2, 0.25) is 0 Å². The van der Waals surface area contributed by atoms with Gasteiger partial charge in [-0.15, -0.1) is 0 Å².